The molecule has 1 amide bonds. The van der Waals surface area contributed by atoms with Crippen LogP contribution < -0.4 is 10.9 Å². The van der Waals surface area contributed by atoms with E-state index in [1.54, 1.807) is 23.5 Å². The van der Waals surface area contributed by atoms with Gasteiger partial charge in [0.2, 0.25) is 5.91 Å². The molecule has 2 aromatic carbocycles. The Kier molecular flexibility index (Phi) is 5.39. The third-order valence-corrected chi connectivity index (χ3v) is 6.50. The molecule has 29 heavy (non-hydrogen) atoms. The van der Waals surface area contributed by atoms with E-state index in [1.807, 2.05) is 50.2 Å². The number of carbonyl (C=O) groups excluding carboxylic acids is 1. The molecule has 0 spiro atoms. The highest BCUT2D eigenvalue weighted by Gasteiger charge is 2.24. The maximum absolute atomic E-state index is 13.3. The standard InChI is InChI=1S/C22H20ClN3O2S/c1-3-17(21(27)24-12-14-8-10-15(23)11-9-14)26-22(28)19-16-6-4-5-7-18(16)29-20(19)13(2)25-26/h4-11,17H,3,12H2,1-2H3,(H,24,27)/t17-/m1/s1. The highest BCUT2D eigenvalue weighted by Crippen LogP contribution is 2.33. The summed E-state index contributed by atoms with van der Waals surface area (Å²) >= 11 is 7.47. The van der Waals surface area contributed by atoms with Gasteiger partial charge in [-0.2, -0.15) is 5.10 Å². The number of halogens is 1. The minimum absolute atomic E-state index is 0.225. The van der Waals surface area contributed by atoms with Gasteiger partial charge >= 0.3 is 0 Å². The Hall–Kier alpha value is -2.70. The molecule has 0 bridgehead atoms. The first-order chi connectivity index (χ1) is 14.0. The Labute approximate surface area is 176 Å². The summed E-state index contributed by atoms with van der Waals surface area (Å²) in [6, 6.07) is 14.4. The van der Waals surface area contributed by atoms with Gasteiger partial charge in [-0.25, -0.2) is 4.68 Å². The van der Waals surface area contributed by atoms with Gasteiger partial charge in [0, 0.05) is 21.7 Å². The van der Waals surface area contributed by atoms with Crippen LogP contribution in [0.2, 0.25) is 5.02 Å². The summed E-state index contributed by atoms with van der Waals surface area (Å²) in [7, 11) is 0. The zero-order valence-electron chi connectivity index (χ0n) is 16.1. The van der Waals surface area contributed by atoms with E-state index in [9.17, 15) is 9.59 Å². The second kappa shape index (κ2) is 7.97. The first-order valence-corrected chi connectivity index (χ1v) is 10.6. The second-order valence-electron chi connectivity index (χ2n) is 6.91. The third kappa shape index (κ3) is 3.66. The van der Waals surface area contributed by atoms with E-state index < -0.39 is 6.04 Å². The predicted molar refractivity (Wildman–Crippen MR) is 119 cm³/mol. The van der Waals surface area contributed by atoms with Crippen LogP contribution in [0.3, 0.4) is 0 Å². The van der Waals surface area contributed by atoms with E-state index in [2.05, 4.69) is 10.4 Å². The summed E-state index contributed by atoms with van der Waals surface area (Å²) in [6.07, 6.45) is 0.465. The van der Waals surface area contributed by atoms with Crippen molar-refractivity contribution in [2.24, 2.45) is 0 Å². The van der Waals surface area contributed by atoms with E-state index in [1.165, 1.54) is 4.68 Å². The molecule has 4 aromatic rings. The number of aromatic nitrogens is 2. The molecule has 0 saturated heterocycles. The monoisotopic (exact) mass is 425 g/mol. The molecular weight excluding hydrogens is 406 g/mol. The van der Waals surface area contributed by atoms with Crippen LogP contribution in [0.15, 0.2) is 53.3 Å². The first kappa shape index (κ1) is 19.6. The minimum Gasteiger partial charge on any atom is -0.350 e. The number of benzene rings is 2. The Morgan fingerprint density at radius 2 is 1.93 bits per heavy atom. The quantitative estimate of drug-likeness (QED) is 0.497. The molecule has 4 rings (SSSR count). The van der Waals surface area contributed by atoms with Crippen LogP contribution in [0, 0.1) is 6.92 Å². The number of rotatable bonds is 5. The van der Waals surface area contributed by atoms with Gasteiger partial charge in [0.15, 0.2) is 0 Å². The fourth-order valence-electron chi connectivity index (χ4n) is 3.47. The number of carbonyl (C=O) groups is 1. The largest absolute Gasteiger partial charge is 0.350 e. The molecule has 0 aliphatic rings. The van der Waals surface area contributed by atoms with Crippen molar-refractivity contribution in [3.8, 4) is 0 Å². The van der Waals surface area contributed by atoms with Crippen molar-refractivity contribution in [3.63, 3.8) is 0 Å². The van der Waals surface area contributed by atoms with Gasteiger partial charge in [-0.15, -0.1) is 11.3 Å². The lowest BCUT2D eigenvalue weighted by Gasteiger charge is -2.17. The molecule has 0 fully saturated rings. The van der Waals surface area contributed by atoms with Gasteiger partial charge in [0.05, 0.1) is 15.8 Å². The van der Waals surface area contributed by atoms with Gasteiger partial charge in [0.25, 0.3) is 5.56 Å². The Bertz CT molecular complexity index is 1260. The zero-order valence-corrected chi connectivity index (χ0v) is 17.7. The SMILES string of the molecule is CC[C@H](C(=O)NCc1ccc(Cl)cc1)n1nc(C)c2sc3ccccc3c2c1=O. The van der Waals surface area contributed by atoms with Crippen molar-refractivity contribution in [1.29, 1.82) is 0 Å². The molecule has 0 aliphatic heterocycles. The van der Waals surface area contributed by atoms with Crippen LogP contribution in [-0.4, -0.2) is 15.7 Å². The number of aryl methyl sites for hydroxylation is 1. The summed E-state index contributed by atoms with van der Waals surface area (Å²) in [5, 5.41) is 9.60. The normalized spacial score (nSPS) is 12.4. The summed E-state index contributed by atoms with van der Waals surface area (Å²) in [5.74, 6) is -0.227. The average molecular weight is 426 g/mol. The lowest BCUT2D eigenvalue weighted by Crippen LogP contribution is -2.38. The molecule has 0 saturated carbocycles. The van der Waals surface area contributed by atoms with Crippen molar-refractivity contribution in [2.75, 3.05) is 0 Å². The Morgan fingerprint density at radius 1 is 1.21 bits per heavy atom. The topological polar surface area (TPSA) is 64.0 Å². The van der Waals surface area contributed by atoms with E-state index >= 15 is 0 Å². The molecule has 2 aromatic heterocycles. The van der Waals surface area contributed by atoms with Crippen LogP contribution in [0.4, 0.5) is 0 Å². The second-order valence-corrected chi connectivity index (χ2v) is 8.39. The number of fused-ring (bicyclic) bond motifs is 3. The molecule has 0 radical (unpaired) electrons. The van der Waals surface area contributed by atoms with E-state index in [0.717, 1.165) is 26.0 Å². The average Bonchev–Trinajstić information content (AvgIpc) is 3.12. The number of hydrogen-bond acceptors (Lipinski definition) is 4. The predicted octanol–water partition coefficient (Wildman–Crippen LogP) is 4.84. The van der Waals surface area contributed by atoms with Gasteiger partial charge in [-0.3, -0.25) is 9.59 Å². The van der Waals surface area contributed by atoms with E-state index in [0.29, 0.717) is 23.4 Å². The molecule has 2 heterocycles. The molecule has 7 heteroatoms. The number of thiophene rings is 1. The van der Waals surface area contributed by atoms with Crippen LogP contribution in [0.1, 0.15) is 30.6 Å². The number of nitrogens with one attached hydrogen (secondary N) is 1. The molecule has 0 aliphatic carbocycles. The molecule has 1 N–H and O–H groups in total. The summed E-state index contributed by atoms with van der Waals surface area (Å²) in [5.41, 5.74) is 1.47. The Balaban J connectivity index is 1.70. The Morgan fingerprint density at radius 3 is 2.66 bits per heavy atom. The fraction of sp³-hybridized carbons (Fsp3) is 0.227. The maximum atomic E-state index is 13.3. The number of amides is 1. The minimum atomic E-state index is -0.670. The van der Waals surface area contributed by atoms with Crippen molar-refractivity contribution < 1.29 is 4.79 Å². The highest BCUT2D eigenvalue weighted by molar-refractivity contribution is 7.26. The van der Waals surface area contributed by atoms with Gasteiger partial charge in [0.1, 0.15) is 6.04 Å². The van der Waals surface area contributed by atoms with Gasteiger partial charge in [-0.1, -0.05) is 48.9 Å². The van der Waals surface area contributed by atoms with Crippen LogP contribution in [0.25, 0.3) is 20.2 Å². The summed E-state index contributed by atoms with van der Waals surface area (Å²) in [4.78, 5) is 26.2. The van der Waals surface area contributed by atoms with Gasteiger partial charge in [-0.05, 0) is 37.1 Å². The number of hydrogen-bond donors (Lipinski definition) is 1. The number of nitrogens with zero attached hydrogens (tertiary/aromatic N) is 2. The lowest BCUT2D eigenvalue weighted by atomic mass is 10.1. The molecule has 5 nitrogen and oxygen atoms in total. The fourth-order valence-corrected chi connectivity index (χ4v) is 4.73. The van der Waals surface area contributed by atoms with E-state index in [4.69, 9.17) is 11.6 Å². The maximum Gasteiger partial charge on any atom is 0.276 e. The van der Waals surface area contributed by atoms with Crippen LogP contribution in [-0.2, 0) is 11.3 Å². The van der Waals surface area contributed by atoms with Gasteiger partial charge < -0.3 is 5.32 Å². The van der Waals surface area contributed by atoms with E-state index in [-0.39, 0.29) is 11.5 Å². The van der Waals surface area contributed by atoms with Crippen molar-refractivity contribution in [3.05, 3.63) is 75.2 Å². The molecule has 0 unspecified atom stereocenters. The third-order valence-electron chi connectivity index (χ3n) is 4.97. The van der Waals surface area contributed by atoms with Crippen molar-refractivity contribution in [2.45, 2.75) is 32.9 Å². The van der Waals surface area contributed by atoms with Crippen molar-refractivity contribution >= 4 is 49.0 Å². The highest BCUT2D eigenvalue weighted by atomic mass is 35.5. The van der Waals surface area contributed by atoms with Crippen molar-refractivity contribution in [1.82, 2.24) is 15.1 Å². The van der Waals surface area contributed by atoms with Crippen LogP contribution >= 0.6 is 22.9 Å². The smallest absolute Gasteiger partial charge is 0.276 e. The molecule has 1 atom stereocenters. The zero-order chi connectivity index (χ0) is 20.5. The van der Waals surface area contributed by atoms with Crippen LogP contribution in [0.5, 0.6) is 0 Å². The summed E-state index contributed by atoms with van der Waals surface area (Å²) in [6.45, 7) is 4.13. The summed E-state index contributed by atoms with van der Waals surface area (Å²) < 4.78 is 3.26. The molecular formula is C22H20ClN3O2S. The lowest BCUT2D eigenvalue weighted by molar-refractivity contribution is -0.125. The molecule has 148 valence electrons. The first-order valence-electron chi connectivity index (χ1n) is 9.42.